The smallest absolute Gasteiger partial charge is 0.259 e. The third-order valence-corrected chi connectivity index (χ3v) is 6.57. The van der Waals surface area contributed by atoms with Gasteiger partial charge in [0.1, 0.15) is 10.7 Å². The summed E-state index contributed by atoms with van der Waals surface area (Å²) in [7, 11) is 0. The van der Waals surface area contributed by atoms with Crippen molar-refractivity contribution in [3.63, 3.8) is 0 Å². The molecule has 1 amide bonds. The standard InChI is InChI=1S/C16H21N3O2S2/c1-9-10(2)23-15-13(9)14(20)17-12(18-15)8-22-11(3)16(21)19-6-4-5-7-19/h11H,4-8H2,1-3H3,(H,17,18,20)/t11-/m0/s1. The van der Waals surface area contributed by atoms with Crippen LogP contribution in [0.4, 0.5) is 0 Å². The number of amides is 1. The normalized spacial score (nSPS) is 16.2. The average molecular weight is 351 g/mol. The van der Waals surface area contributed by atoms with Gasteiger partial charge in [0, 0.05) is 18.0 Å². The highest BCUT2D eigenvalue weighted by Crippen LogP contribution is 2.27. The van der Waals surface area contributed by atoms with Crippen molar-refractivity contribution in [2.45, 2.75) is 44.6 Å². The first kappa shape index (κ1) is 16.5. The van der Waals surface area contributed by atoms with Crippen LogP contribution in [0.25, 0.3) is 10.2 Å². The van der Waals surface area contributed by atoms with Crippen molar-refractivity contribution in [2.24, 2.45) is 0 Å². The maximum absolute atomic E-state index is 12.3. The van der Waals surface area contributed by atoms with Gasteiger partial charge in [-0.2, -0.15) is 0 Å². The third-order valence-electron chi connectivity index (χ3n) is 4.32. The molecular formula is C16H21N3O2S2. The molecule has 1 aliphatic rings. The summed E-state index contributed by atoms with van der Waals surface area (Å²) in [4.78, 5) is 35.8. The molecule has 0 saturated carbocycles. The van der Waals surface area contributed by atoms with Crippen LogP contribution in [0.15, 0.2) is 4.79 Å². The number of thiophene rings is 1. The van der Waals surface area contributed by atoms with E-state index in [9.17, 15) is 9.59 Å². The van der Waals surface area contributed by atoms with Crippen LogP contribution in [0.2, 0.25) is 0 Å². The molecule has 1 fully saturated rings. The average Bonchev–Trinajstić information content (AvgIpc) is 3.13. The molecule has 2 aromatic heterocycles. The van der Waals surface area contributed by atoms with Crippen molar-refractivity contribution < 1.29 is 4.79 Å². The van der Waals surface area contributed by atoms with E-state index in [1.165, 1.54) is 11.8 Å². The fourth-order valence-corrected chi connectivity index (χ4v) is 4.72. The summed E-state index contributed by atoms with van der Waals surface area (Å²) in [5.74, 6) is 1.38. The lowest BCUT2D eigenvalue weighted by Gasteiger charge is -2.19. The number of nitrogens with one attached hydrogen (secondary N) is 1. The van der Waals surface area contributed by atoms with Crippen LogP contribution in [0.1, 0.15) is 36.0 Å². The number of carbonyl (C=O) groups is 1. The fraction of sp³-hybridized carbons (Fsp3) is 0.562. The first-order valence-corrected chi connectivity index (χ1v) is 9.73. The van der Waals surface area contributed by atoms with Gasteiger partial charge in [0.25, 0.3) is 5.56 Å². The summed E-state index contributed by atoms with van der Waals surface area (Å²) in [6, 6.07) is 0. The van der Waals surface area contributed by atoms with Crippen molar-refractivity contribution in [3.05, 3.63) is 26.6 Å². The molecule has 23 heavy (non-hydrogen) atoms. The predicted molar refractivity (Wildman–Crippen MR) is 96.3 cm³/mol. The lowest BCUT2D eigenvalue weighted by atomic mass is 10.2. The van der Waals surface area contributed by atoms with E-state index < -0.39 is 0 Å². The number of rotatable bonds is 4. The number of nitrogens with zero attached hydrogens (tertiary/aromatic N) is 2. The van der Waals surface area contributed by atoms with Gasteiger partial charge >= 0.3 is 0 Å². The fourth-order valence-electron chi connectivity index (χ4n) is 2.84. The topological polar surface area (TPSA) is 66.1 Å². The van der Waals surface area contributed by atoms with Crippen LogP contribution in [-0.2, 0) is 10.5 Å². The van der Waals surface area contributed by atoms with Crippen molar-refractivity contribution in [3.8, 4) is 0 Å². The second kappa shape index (κ2) is 6.65. The first-order chi connectivity index (χ1) is 11.0. The molecule has 7 heteroatoms. The number of fused-ring (bicyclic) bond motifs is 1. The summed E-state index contributed by atoms with van der Waals surface area (Å²) in [5.41, 5.74) is 0.932. The van der Waals surface area contributed by atoms with Gasteiger partial charge in [-0.05, 0) is 39.2 Å². The quantitative estimate of drug-likeness (QED) is 0.920. The molecule has 1 saturated heterocycles. The number of aromatic nitrogens is 2. The molecule has 0 spiro atoms. The maximum Gasteiger partial charge on any atom is 0.259 e. The highest BCUT2D eigenvalue weighted by Gasteiger charge is 2.23. The maximum atomic E-state index is 12.3. The zero-order valence-corrected chi connectivity index (χ0v) is 15.3. The number of hydrogen-bond donors (Lipinski definition) is 1. The monoisotopic (exact) mass is 351 g/mol. The van der Waals surface area contributed by atoms with Gasteiger partial charge in [-0.15, -0.1) is 23.1 Å². The molecular weight excluding hydrogens is 330 g/mol. The Hall–Kier alpha value is -1.34. The van der Waals surface area contributed by atoms with Crippen molar-refractivity contribution >= 4 is 39.2 Å². The van der Waals surface area contributed by atoms with Crippen LogP contribution in [0, 0.1) is 13.8 Å². The number of H-pyrrole nitrogens is 1. The lowest BCUT2D eigenvalue weighted by molar-refractivity contribution is -0.129. The van der Waals surface area contributed by atoms with Crippen LogP contribution in [0.5, 0.6) is 0 Å². The van der Waals surface area contributed by atoms with E-state index in [0.29, 0.717) is 17.0 Å². The lowest BCUT2D eigenvalue weighted by Crippen LogP contribution is -2.34. The molecule has 0 radical (unpaired) electrons. The number of hydrogen-bond acceptors (Lipinski definition) is 5. The van der Waals surface area contributed by atoms with Gasteiger partial charge in [-0.1, -0.05) is 0 Å². The van der Waals surface area contributed by atoms with Crippen LogP contribution < -0.4 is 5.56 Å². The Balaban J connectivity index is 1.72. The molecule has 124 valence electrons. The molecule has 3 heterocycles. The highest BCUT2D eigenvalue weighted by atomic mass is 32.2. The summed E-state index contributed by atoms with van der Waals surface area (Å²) < 4.78 is 0. The summed E-state index contributed by atoms with van der Waals surface area (Å²) in [6.45, 7) is 7.64. The summed E-state index contributed by atoms with van der Waals surface area (Å²) in [6.07, 6.45) is 2.21. The van der Waals surface area contributed by atoms with Gasteiger partial charge < -0.3 is 9.88 Å². The zero-order valence-electron chi connectivity index (χ0n) is 13.6. The van der Waals surface area contributed by atoms with Gasteiger partial charge in [-0.25, -0.2) is 4.98 Å². The summed E-state index contributed by atoms with van der Waals surface area (Å²) in [5, 5.41) is 0.586. The largest absolute Gasteiger partial charge is 0.342 e. The zero-order chi connectivity index (χ0) is 16.6. The Morgan fingerprint density at radius 3 is 2.78 bits per heavy atom. The van der Waals surface area contributed by atoms with E-state index >= 15 is 0 Å². The molecule has 0 bridgehead atoms. The van der Waals surface area contributed by atoms with E-state index in [1.54, 1.807) is 11.3 Å². The van der Waals surface area contributed by atoms with Crippen molar-refractivity contribution in [1.29, 1.82) is 0 Å². The Morgan fingerprint density at radius 1 is 1.39 bits per heavy atom. The molecule has 0 aliphatic carbocycles. The van der Waals surface area contributed by atoms with E-state index in [-0.39, 0.29) is 16.7 Å². The van der Waals surface area contributed by atoms with Crippen molar-refractivity contribution in [2.75, 3.05) is 13.1 Å². The van der Waals surface area contributed by atoms with Gasteiger partial charge in [0.05, 0.1) is 16.4 Å². The van der Waals surface area contributed by atoms with E-state index in [2.05, 4.69) is 9.97 Å². The van der Waals surface area contributed by atoms with Crippen LogP contribution >= 0.6 is 23.1 Å². The Labute approximate surface area is 143 Å². The first-order valence-electron chi connectivity index (χ1n) is 7.86. The van der Waals surface area contributed by atoms with E-state index in [1.807, 2.05) is 25.7 Å². The van der Waals surface area contributed by atoms with Gasteiger partial charge in [0.15, 0.2) is 0 Å². The number of carbonyl (C=O) groups excluding carboxylic acids is 1. The second-order valence-electron chi connectivity index (χ2n) is 5.96. The summed E-state index contributed by atoms with van der Waals surface area (Å²) >= 11 is 3.09. The van der Waals surface area contributed by atoms with Crippen molar-refractivity contribution in [1.82, 2.24) is 14.9 Å². The number of aromatic amines is 1. The predicted octanol–water partition coefficient (Wildman–Crippen LogP) is 2.85. The number of likely N-dealkylation sites (tertiary alicyclic amines) is 1. The molecule has 3 rings (SSSR count). The minimum absolute atomic E-state index is 0.0778. The molecule has 0 aromatic carbocycles. The van der Waals surface area contributed by atoms with E-state index in [4.69, 9.17) is 0 Å². The third kappa shape index (κ3) is 3.30. The van der Waals surface area contributed by atoms with E-state index in [0.717, 1.165) is 41.2 Å². The molecule has 1 aliphatic heterocycles. The SMILES string of the molecule is Cc1sc2nc(CS[C@@H](C)C(=O)N3CCCC3)[nH]c(=O)c2c1C. The highest BCUT2D eigenvalue weighted by molar-refractivity contribution is 7.99. The molecule has 0 unspecified atom stereocenters. The van der Waals surface area contributed by atoms with Gasteiger partial charge in [-0.3, -0.25) is 9.59 Å². The molecule has 5 nitrogen and oxygen atoms in total. The molecule has 1 N–H and O–H groups in total. The minimum Gasteiger partial charge on any atom is -0.342 e. The number of aryl methyl sites for hydroxylation is 2. The minimum atomic E-state index is -0.110. The van der Waals surface area contributed by atoms with Crippen LogP contribution in [-0.4, -0.2) is 39.1 Å². The van der Waals surface area contributed by atoms with Crippen LogP contribution in [0.3, 0.4) is 0 Å². The molecule has 2 aromatic rings. The van der Waals surface area contributed by atoms with Gasteiger partial charge in [0.2, 0.25) is 5.91 Å². The Kier molecular flexibility index (Phi) is 4.77. The Bertz CT molecular complexity index is 790. The Morgan fingerprint density at radius 2 is 2.09 bits per heavy atom. The second-order valence-corrected chi connectivity index (χ2v) is 8.49. The molecule has 1 atom stereocenters. The number of thioether (sulfide) groups is 1.